The summed E-state index contributed by atoms with van der Waals surface area (Å²) in [6.45, 7) is 8.91. The molecule has 1 unspecified atom stereocenters. The average Bonchev–Trinajstić information content (AvgIpc) is 2.47. The molecule has 1 heterocycles. The minimum atomic E-state index is 0.739. The number of unbranched alkanes of at least 4 members (excludes halogenated alkanes) is 1. The van der Waals surface area contributed by atoms with Gasteiger partial charge in [-0.2, -0.15) is 0 Å². The average molecular weight is 193 g/mol. The quantitative estimate of drug-likeness (QED) is 0.717. The lowest BCUT2D eigenvalue weighted by molar-refractivity contribution is 0.557. The molecule has 14 heavy (non-hydrogen) atoms. The number of aromatic nitrogens is 1. The fourth-order valence-electron chi connectivity index (χ4n) is 2.18. The van der Waals surface area contributed by atoms with Crippen LogP contribution in [-0.2, 0) is 0 Å². The molecule has 1 N–H and O–H groups in total. The lowest BCUT2D eigenvalue weighted by Gasteiger charge is -2.14. The van der Waals surface area contributed by atoms with E-state index in [4.69, 9.17) is 0 Å². The SMILES string of the molecule is CCCCC(CC)c1[nH]c(C)cc1C. The first kappa shape index (κ1) is 11.4. The zero-order valence-electron chi connectivity index (χ0n) is 9.98. The Bertz CT molecular complexity index is 273. The second kappa shape index (κ2) is 5.23. The summed E-state index contributed by atoms with van der Waals surface area (Å²) in [5, 5.41) is 0. The summed E-state index contributed by atoms with van der Waals surface area (Å²) in [6.07, 6.45) is 5.22. The van der Waals surface area contributed by atoms with E-state index >= 15 is 0 Å². The molecule has 0 radical (unpaired) electrons. The van der Waals surface area contributed by atoms with Crippen LogP contribution in [0.15, 0.2) is 6.07 Å². The lowest BCUT2D eigenvalue weighted by atomic mass is 9.94. The Hall–Kier alpha value is -0.720. The first-order valence-electron chi connectivity index (χ1n) is 5.85. The highest BCUT2D eigenvalue weighted by Crippen LogP contribution is 2.27. The van der Waals surface area contributed by atoms with E-state index < -0.39 is 0 Å². The van der Waals surface area contributed by atoms with Crippen LogP contribution in [0.5, 0.6) is 0 Å². The Kier molecular flexibility index (Phi) is 4.24. The number of rotatable bonds is 5. The zero-order valence-corrected chi connectivity index (χ0v) is 9.98. The number of hydrogen-bond donors (Lipinski definition) is 1. The Morgan fingerprint density at radius 1 is 1.29 bits per heavy atom. The van der Waals surface area contributed by atoms with Crippen molar-refractivity contribution < 1.29 is 0 Å². The van der Waals surface area contributed by atoms with Crippen LogP contribution < -0.4 is 0 Å². The van der Waals surface area contributed by atoms with Gasteiger partial charge in [-0.15, -0.1) is 0 Å². The molecular formula is C13H23N. The van der Waals surface area contributed by atoms with Gasteiger partial charge in [0.2, 0.25) is 0 Å². The third kappa shape index (κ3) is 2.63. The van der Waals surface area contributed by atoms with Crippen LogP contribution in [0.1, 0.15) is 62.4 Å². The summed E-state index contributed by atoms with van der Waals surface area (Å²) in [7, 11) is 0. The third-order valence-corrected chi connectivity index (χ3v) is 3.00. The standard InChI is InChI=1S/C13H23N/c1-5-7-8-12(6-2)13-10(3)9-11(4)14-13/h9,12,14H,5-8H2,1-4H3. The molecule has 0 aliphatic rings. The largest absolute Gasteiger partial charge is 0.362 e. The second-order valence-corrected chi connectivity index (χ2v) is 4.30. The van der Waals surface area contributed by atoms with Crippen molar-refractivity contribution in [3.05, 3.63) is 23.0 Å². The van der Waals surface area contributed by atoms with E-state index in [9.17, 15) is 0 Å². The van der Waals surface area contributed by atoms with Crippen molar-refractivity contribution in [2.75, 3.05) is 0 Å². The highest BCUT2D eigenvalue weighted by atomic mass is 14.7. The third-order valence-electron chi connectivity index (χ3n) is 3.00. The molecule has 1 aromatic heterocycles. The van der Waals surface area contributed by atoms with Gasteiger partial charge in [0.05, 0.1) is 0 Å². The van der Waals surface area contributed by atoms with E-state index in [1.807, 2.05) is 0 Å². The molecule has 1 aromatic rings. The maximum absolute atomic E-state index is 3.50. The Morgan fingerprint density at radius 2 is 2.00 bits per heavy atom. The van der Waals surface area contributed by atoms with E-state index in [-0.39, 0.29) is 0 Å². The molecule has 0 aliphatic heterocycles. The second-order valence-electron chi connectivity index (χ2n) is 4.30. The van der Waals surface area contributed by atoms with Crippen molar-refractivity contribution in [1.29, 1.82) is 0 Å². The number of hydrogen-bond acceptors (Lipinski definition) is 0. The number of aromatic amines is 1. The molecule has 0 aliphatic carbocycles. The van der Waals surface area contributed by atoms with E-state index in [2.05, 4.69) is 38.7 Å². The summed E-state index contributed by atoms with van der Waals surface area (Å²) in [5.41, 5.74) is 4.20. The van der Waals surface area contributed by atoms with Crippen LogP contribution in [0.3, 0.4) is 0 Å². The lowest BCUT2D eigenvalue weighted by Crippen LogP contribution is -1.99. The Morgan fingerprint density at radius 3 is 2.43 bits per heavy atom. The summed E-state index contributed by atoms with van der Waals surface area (Å²) in [4.78, 5) is 3.50. The topological polar surface area (TPSA) is 15.8 Å². The summed E-state index contributed by atoms with van der Waals surface area (Å²) < 4.78 is 0. The monoisotopic (exact) mass is 193 g/mol. The molecule has 1 nitrogen and oxygen atoms in total. The molecule has 0 amide bonds. The van der Waals surface area contributed by atoms with Crippen LogP contribution >= 0.6 is 0 Å². The fraction of sp³-hybridized carbons (Fsp3) is 0.692. The summed E-state index contributed by atoms with van der Waals surface area (Å²) >= 11 is 0. The highest BCUT2D eigenvalue weighted by Gasteiger charge is 2.13. The van der Waals surface area contributed by atoms with Crippen molar-refractivity contribution >= 4 is 0 Å². The van der Waals surface area contributed by atoms with Gasteiger partial charge in [-0.3, -0.25) is 0 Å². The minimum Gasteiger partial charge on any atom is -0.362 e. The number of nitrogens with one attached hydrogen (secondary N) is 1. The molecule has 80 valence electrons. The first-order valence-corrected chi connectivity index (χ1v) is 5.85. The molecule has 1 atom stereocenters. The molecular weight excluding hydrogens is 170 g/mol. The predicted octanol–water partition coefficient (Wildman–Crippen LogP) is 4.32. The van der Waals surface area contributed by atoms with Crippen LogP contribution in [0.4, 0.5) is 0 Å². The maximum Gasteiger partial charge on any atom is 0.0210 e. The first-order chi connectivity index (χ1) is 6.69. The fourth-order valence-corrected chi connectivity index (χ4v) is 2.18. The van der Waals surface area contributed by atoms with Crippen molar-refractivity contribution in [2.24, 2.45) is 0 Å². The van der Waals surface area contributed by atoms with Crippen LogP contribution in [0.25, 0.3) is 0 Å². The van der Waals surface area contributed by atoms with Gasteiger partial charge in [0.15, 0.2) is 0 Å². The van der Waals surface area contributed by atoms with Gasteiger partial charge in [-0.1, -0.05) is 26.7 Å². The molecule has 1 heteroatoms. The molecule has 0 saturated heterocycles. The summed E-state index contributed by atoms with van der Waals surface area (Å²) in [5.74, 6) is 0.739. The molecule has 0 aromatic carbocycles. The molecule has 0 spiro atoms. The minimum absolute atomic E-state index is 0.739. The van der Waals surface area contributed by atoms with Gasteiger partial charge < -0.3 is 4.98 Å². The van der Waals surface area contributed by atoms with Crippen molar-refractivity contribution in [3.63, 3.8) is 0 Å². The van der Waals surface area contributed by atoms with Crippen molar-refractivity contribution in [2.45, 2.75) is 59.3 Å². The van der Waals surface area contributed by atoms with Gasteiger partial charge in [0, 0.05) is 11.4 Å². The normalized spacial score (nSPS) is 13.1. The molecule has 1 rings (SSSR count). The van der Waals surface area contributed by atoms with Crippen LogP contribution in [0, 0.1) is 13.8 Å². The highest BCUT2D eigenvalue weighted by molar-refractivity contribution is 5.26. The van der Waals surface area contributed by atoms with Gasteiger partial charge in [-0.25, -0.2) is 0 Å². The molecule has 0 fully saturated rings. The zero-order chi connectivity index (χ0) is 10.6. The Balaban J connectivity index is 2.72. The maximum atomic E-state index is 3.50. The van der Waals surface area contributed by atoms with Gasteiger partial charge >= 0.3 is 0 Å². The number of H-pyrrole nitrogens is 1. The summed E-state index contributed by atoms with van der Waals surface area (Å²) in [6, 6.07) is 2.25. The van der Waals surface area contributed by atoms with Crippen LogP contribution in [-0.4, -0.2) is 4.98 Å². The van der Waals surface area contributed by atoms with Crippen LogP contribution in [0.2, 0.25) is 0 Å². The molecule has 0 bridgehead atoms. The molecule has 0 saturated carbocycles. The van der Waals surface area contributed by atoms with Gasteiger partial charge in [0.25, 0.3) is 0 Å². The van der Waals surface area contributed by atoms with Gasteiger partial charge in [0.1, 0.15) is 0 Å². The Labute approximate surface area is 87.9 Å². The van der Waals surface area contributed by atoms with E-state index in [1.165, 1.54) is 42.6 Å². The van der Waals surface area contributed by atoms with E-state index in [0.717, 1.165) is 5.92 Å². The van der Waals surface area contributed by atoms with E-state index in [1.54, 1.807) is 0 Å². The van der Waals surface area contributed by atoms with Crippen molar-refractivity contribution in [1.82, 2.24) is 4.98 Å². The predicted molar refractivity (Wildman–Crippen MR) is 62.8 cm³/mol. The van der Waals surface area contributed by atoms with E-state index in [0.29, 0.717) is 0 Å². The number of aryl methyl sites for hydroxylation is 2. The van der Waals surface area contributed by atoms with Gasteiger partial charge in [-0.05, 0) is 44.2 Å². The smallest absolute Gasteiger partial charge is 0.0210 e. The van der Waals surface area contributed by atoms with Crippen molar-refractivity contribution in [3.8, 4) is 0 Å².